The van der Waals surface area contributed by atoms with Crippen LogP contribution in [0.15, 0.2) is 97.1 Å². The Morgan fingerprint density at radius 3 is 2.18 bits per heavy atom. The molecule has 5 aromatic rings. The number of carbonyl (C=O) groups excluding carboxylic acids is 1. The fourth-order valence-electron chi connectivity index (χ4n) is 4.14. The van der Waals surface area contributed by atoms with Crippen molar-refractivity contribution < 1.29 is 24.2 Å². The molecule has 39 heavy (non-hydrogen) atoms. The molecule has 194 valence electrons. The topological polar surface area (TPSA) is 85.7 Å². The number of rotatable bonds is 10. The zero-order valence-electron chi connectivity index (χ0n) is 21.2. The van der Waals surface area contributed by atoms with Crippen LogP contribution in [0.1, 0.15) is 20.9 Å². The van der Waals surface area contributed by atoms with Gasteiger partial charge in [-0.05, 0) is 47.4 Å². The number of carboxylic acid groups (broad SMARTS) is 1. The lowest BCUT2D eigenvalue weighted by Gasteiger charge is -2.09. The molecule has 1 N–H and O–H groups in total. The van der Waals surface area contributed by atoms with E-state index < -0.39 is 12.6 Å². The van der Waals surface area contributed by atoms with E-state index in [1.807, 2.05) is 43.3 Å². The highest BCUT2D eigenvalue weighted by Crippen LogP contribution is 2.38. The van der Waals surface area contributed by atoms with Crippen molar-refractivity contribution in [3.8, 4) is 44.3 Å². The number of aldehydes is 1. The van der Waals surface area contributed by atoms with Gasteiger partial charge in [0.15, 0.2) is 6.61 Å². The molecule has 1 aromatic heterocycles. The van der Waals surface area contributed by atoms with Crippen LogP contribution in [-0.4, -0.2) is 29.0 Å². The molecule has 0 aliphatic heterocycles. The third kappa shape index (κ3) is 6.22. The summed E-state index contributed by atoms with van der Waals surface area (Å²) in [5.41, 5.74) is 6.47. The van der Waals surface area contributed by atoms with Crippen LogP contribution in [0.25, 0.3) is 32.8 Å². The van der Waals surface area contributed by atoms with Gasteiger partial charge in [-0.3, -0.25) is 4.79 Å². The molecule has 0 unspecified atom stereocenters. The van der Waals surface area contributed by atoms with Crippen LogP contribution in [0.5, 0.6) is 11.5 Å². The summed E-state index contributed by atoms with van der Waals surface area (Å²) < 4.78 is 11.3. The Hall–Kier alpha value is -4.75. The van der Waals surface area contributed by atoms with Gasteiger partial charge in [0.25, 0.3) is 0 Å². The first-order valence-electron chi connectivity index (χ1n) is 12.3. The number of hydrogen-bond donors (Lipinski definition) is 1. The molecular formula is C32H25NO5S. The largest absolute Gasteiger partial charge is 0.486 e. The Kier molecular flexibility index (Phi) is 7.80. The molecule has 0 amide bonds. The molecule has 0 fully saturated rings. The third-order valence-corrected chi connectivity index (χ3v) is 7.18. The molecule has 0 saturated heterocycles. The van der Waals surface area contributed by atoms with E-state index in [9.17, 15) is 9.59 Å². The first-order chi connectivity index (χ1) is 19.0. The van der Waals surface area contributed by atoms with Gasteiger partial charge >= 0.3 is 5.97 Å². The number of carboxylic acids is 1. The van der Waals surface area contributed by atoms with Gasteiger partial charge in [0, 0.05) is 11.1 Å². The van der Waals surface area contributed by atoms with Gasteiger partial charge in [-0.2, -0.15) is 0 Å². The summed E-state index contributed by atoms with van der Waals surface area (Å²) in [5, 5.41) is 9.64. The summed E-state index contributed by atoms with van der Waals surface area (Å²) in [5.74, 6) is 0.109. The van der Waals surface area contributed by atoms with E-state index in [2.05, 4.69) is 36.4 Å². The van der Waals surface area contributed by atoms with Crippen molar-refractivity contribution in [3.63, 3.8) is 0 Å². The van der Waals surface area contributed by atoms with E-state index >= 15 is 0 Å². The number of benzene rings is 4. The van der Waals surface area contributed by atoms with Crippen molar-refractivity contribution in [3.05, 3.63) is 113 Å². The van der Waals surface area contributed by atoms with Crippen LogP contribution in [-0.2, 0) is 11.4 Å². The third-order valence-electron chi connectivity index (χ3n) is 6.11. The van der Waals surface area contributed by atoms with Gasteiger partial charge in [-0.1, -0.05) is 78.9 Å². The molecule has 0 spiro atoms. The molecule has 0 saturated carbocycles. The number of ether oxygens (including phenoxy) is 2. The standard InChI is InChI=1S/C32H25NO5S/c1-21-17-27(15-16-28(21)38-20-30(35)36)37-19-29-33-31(25-9-7-22(18-34)8-10-25)32(39-29)26-13-11-24(12-14-26)23-5-3-2-4-6-23/h2-18H,19-20H2,1H3,(H,35,36). The number of aryl methyl sites for hydroxylation is 1. The number of thiazole rings is 1. The summed E-state index contributed by atoms with van der Waals surface area (Å²) >= 11 is 1.56. The van der Waals surface area contributed by atoms with Crippen LogP contribution in [0.3, 0.4) is 0 Å². The lowest BCUT2D eigenvalue weighted by atomic mass is 10.0. The number of hydrogen-bond acceptors (Lipinski definition) is 6. The maximum atomic E-state index is 11.2. The molecule has 5 rings (SSSR count). The highest BCUT2D eigenvalue weighted by Gasteiger charge is 2.16. The molecule has 6 nitrogen and oxygen atoms in total. The Bertz CT molecular complexity index is 1590. The first kappa shape index (κ1) is 25.9. The minimum Gasteiger partial charge on any atom is -0.486 e. The van der Waals surface area contributed by atoms with Gasteiger partial charge in [0.05, 0.1) is 10.6 Å². The van der Waals surface area contributed by atoms with Crippen molar-refractivity contribution in [2.24, 2.45) is 0 Å². The van der Waals surface area contributed by atoms with Gasteiger partial charge in [0.2, 0.25) is 0 Å². The second kappa shape index (κ2) is 11.8. The van der Waals surface area contributed by atoms with Crippen LogP contribution in [0, 0.1) is 6.92 Å². The Balaban J connectivity index is 1.41. The number of aromatic nitrogens is 1. The highest BCUT2D eigenvalue weighted by molar-refractivity contribution is 7.15. The van der Waals surface area contributed by atoms with Crippen molar-refractivity contribution in [1.82, 2.24) is 4.98 Å². The fourth-order valence-corrected chi connectivity index (χ4v) is 5.14. The molecule has 1 heterocycles. The van der Waals surface area contributed by atoms with E-state index in [-0.39, 0.29) is 6.61 Å². The molecular weight excluding hydrogens is 510 g/mol. The molecule has 4 aromatic carbocycles. The van der Waals surface area contributed by atoms with Gasteiger partial charge in [-0.15, -0.1) is 11.3 Å². The zero-order chi connectivity index (χ0) is 27.2. The molecule has 0 aliphatic carbocycles. The average molecular weight is 536 g/mol. The Morgan fingerprint density at radius 2 is 1.51 bits per heavy atom. The second-order valence-electron chi connectivity index (χ2n) is 8.87. The summed E-state index contributed by atoms with van der Waals surface area (Å²) in [6.45, 7) is 1.71. The number of aliphatic carboxylic acids is 1. The molecule has 0 bridgehead atoms. The average Bonchev–Trinajstić information content (AvgIpc) is 3.40. The van der Waals surface area contributed by atoms with Gasteiger partial charge in [0.1, 0.15) is 29.4 Å². The SMILES string of the molecule is Cc1cc(OCc2nc(-c3ccc(C=O)cc3)c(-c3ccc(-c4ccccc4)cc3)s2)ccc1OCC(=O)O. The van der Waals surface area contributed by atoms with Crippen LogP contribution < -0.4 is 9.47 Å². The van der Waals surface area contributed by atoms with Crippen molar-refractivity contribution in [2.75, 3.05) is 6.61 Å². The lowest BCUT2D eigenvalue weighted by molar-refractivity contribution is -0.139. The smallest absolute Gasteiger partial charge is 0.341 e. The predicted molar refractivity (Wildman–Crippen MR) is 152 cm³/mol. The predicted octanol–water partition coefficient (Wildman–Crippen LogP) is 7.31. The van der Waals surface area contributed by atoms with E-state index in [4.69, 9.17) is 19.6 Å². The Labute approximate surface area is 230 Å². The molecule has 0 aliphatic rings. The minimum atomic E-state index is -1.03. The van der Waals surface area contributed by atoms with E-state index in [0.717, 1.165) is 49.7 Å². The van der Waals surface area contributed by atoms with E-state index in [0.29, 0.717) is 17.1 Å². The van der Waals surface area contributed by atoms with Crippen molar-refractivity contribution in [1.29, 1.82) is 0 Å². The minimum absolute atomic E-state index is 0.265. The van der Waals surface area contributed by atoms with E-state index in [1.54, 1.807) is 35.6 Å². The van der Waals surface area contributed by atoms with Crippen molar-refractivity contribution >= 4 is 23.6 Å². The van der Waals surface area contributed by atoms with Crippen LogP contribution >= 0.6 is 11.3 Å². The summed E-state index contributed by atoms with van der Waals surface area (Å²) in [7, 11) is 0. The summed E-state index contributed by atoms with van der Waals surface area (Å²) in [4.78, 5) is 27.9. The highest BCUT2D eigenvalue weighted by atomic mass is 32.1. The summed E-state index contributed by atoms with van der Waals surface area (Å²) in [6.07, 6.45) is 0.827. The van der Waals surface area contributed by atoms with Gasteiger partial charge in [-0.25, -0.2) is 9.78 Å². The number of carbonyl (C=O) groups is 2. The van der Waals surface area contributed by atoms with Gasteiger partial charge < -0.3 is 14.6 Å². The fraction of sp³-hybridized carbons (Fsp3) is 0.0938. The molecule has 0 atom stereocenters. The lowest BCUT2D eigenvalue weighted by Crippen LogP contribution is -2.10. The molecule has 0 radical (unpaired) electrons. The second-order valence-corrected chi connectivity index (χ2v) is 9.95. The monoisotopic (exact) mass is 535 g/mol. The maximum absolute atomic E-state index is 11.2. The normalized spacial score (nSPS) is 10.7. The summed E-state index contributed by atoms with van der Waals surface area (Å²) in [6, 6.07) is 31.3. The first-order valence-corrected chi connectivity index (χ1v) is 13.1. The van der Waals surface area contributed by atoms with Crippen LogP contribution in [0.4, 0.5) is 0 Å². The zero-order valence-corrected chi connectivity index (χ0v) is 22.0. The van der Waals surface area contributed by atoms with Crippen molar-refractivity contribution in [2.45, 2.75) is 13.5 Å². The molecule has 7 heteroatoms. The maximum Gasteiger partial charge on any atom is 0.341 e. The van der Waals surface area contributed by atoms with E-state index in [1.165, 1.54) is 0 Å². The Morgan fingerprint density at radius 1 is 0.846 bits per heavy atom. The number of nitrogens with zero attached hydrogens (tertiary/aromatic N) is 1. The quantitative estimate of drug-likeness (QED) is 0.189. The van der Waals surface area contributed by atoms with Crippen LogP contribution in [0.2, 0.25) is 0 Å².